The minimum atomic E-state index is 0.631. The molecule has 0 unspecified atom stereocenters. The van der Waals surface area contributed by atoms with Crippen LogP contribution < -0.4 is 10.6 Å². The fourth-order valence-electron chi connectivity index (χ4n) is 1.35. The monoisotopic (exact) mass is 162 g/mol. The molecule has 0 spiro atoms. The Hall–Kier alpha value is -1.02. The van der Waals surface area contributed by atoms with Crippen LogP contribution >= 0.6 is 0 Å². The lowest BCUT2D eigenvalue weighted by Gasteiger charge is -2.29. The summed E-state index contributed by atoms with van der Waals surface area (Å²) in [7, 11) is 0. The quantitative estimate of drug-likeness (QED) is 0.686. The third-order valence-corrected chi connectivity index (χ3v) is 2.29. The molecule has 0 aliphatic carbocycles. The molecule has 0 saturated carbocycles. The van der Waals surface area contributed by atoms with Crippen LogP contribution in [0.2, 0.25) is 0 Å². The van der Waals surface area contributed by atoms with Crippen LogP contribution in [0, 0.1) is 6.92 Å². The fraction of sp³-hybridized carbons (Fsp3) is 0.400. The molecule has 2 N–H and O–H groups in total. The first-order valence-electron chi connectivity index (χ1n) is 4.39. The van der Waals surface area contributed by atoms with Gasteiger partial charge in [0, 0.05) is 18.8 Å². The Bertz CT molecular complexity index is 266. The molecule has 0 atom stereocenters. The van der Waals surface area contributed by atoms with Gasteiger partial charge in [0.1, 0.15) is 0 Å². The Morgan fingerprint density at radius 2 is 2.08 bits per heavy atom. The van der Waals surface area contributed by atoms with Crippen molar-refractivity contribution in [2.45, 2.75) is 13.0 Å². The van der Waals surface area contributed by atoms with Crippen molar-refractivity contribution < 1.29 is 0 Å². The molecule has 1 heterocycles. The van der Waals surface area contributed by atoms with E-state index in [1.807, 2.05) is 0 Å². The normalized spacial score (nSPS) is 17.1. The van der Waals surface area contributed by atoms with E-state index in [4.69, 9.17) is 0 Å². The van der Waals surface area contributed by atoms with Gasteiger partial charge in [0.25, 0.3) is 0 Å². The SMILES string of the molecule is Cc1ccccc1NC1CNC1. The molecular weight excluding hydrogens is 148 g/mol. The van der Waals surface area contributed by atoms with Gasteiger partial charge in [-0.2, -0.15) is 0 Å². The predicted molar refractivity (Wildman–Crippen MR) is 51.5 cm³/mol. The van der Waals surface area contributed by atoms with E-state index in [1.54, 1.807) is 0 Å². The number of anilines is 1. The van der Waals surface area contributed by atoms with E-state index >= 15 is 0 Å². The summed E-state index contributed by atoms with van der Waals surface area (Å²) in [6.45, 7) is 4.32. The summed E-state index contributed by atoms with van der Waals surface area (Å²) in [5.74, 6) is 0. The summed E-state index contributed by atoms with van der Waals surface area (Å²) in [6.07, 6.45) is 0. The van der Waals surface area contributed by atoms with Gasteiger partial charge in [-0.1, -0.05) is 18.2 Å². The summed E-state index contributed by atoms with van der Waals surface area (Å²) in [5.41, 5.74) is 2.59. The average molecular weight is 162 g/mol. The van der Waals surface area contributed by atoms with E-state index in [0.717, 1.165) is 13.1 Å². The van der Waals surface area contributed by atoms with Crippen molar-refractivity contribution in [2.24, 2.45) is 0 Å². The molecule has 2 nitrogen and oxygen atoms in total. The second-order valence-corrected chi connectivity index (χ2v) is 3.31. The van der Waals surface area contributed by atoms with Crippen molar-refractivity contribution in [1.29, 1.82) is 0 Å². The average Bonchev–Trinajstić information content (AvgIpc) is 2.00. The van der Waals surface area contributed by atoms with Crippen molar-refractivity contribution >= 4 is 5.69 Å². The molecular formula is C10H14N2. The molecule has 64 valence electrons. The molecule has 0 amide bonds. The third-order valence-electron chi connectivity index (χ3n) is 2.29. The first-order valence-corrected chi connectivity index (χ1v) is 4.39. The highest BCUT2D eigenvalue weighted by atomic mass is 15.1. The van der Waals surface area contributed by atoms with Gasteiger partial charge in [-0.05, 0) is 18.6 Å². The van der Waals surface area contributed by atoms with Crippen LogP contribution in [-0.4, -0.2) is 19.1 Å². The molecule has 1 fully saturated rings. The zero-order valence-corrected chi connectivity index (χ0v) is 7.30. The zero-order valence-electron chi connectivity index (χ0n) is 7.30. The molecule has 1 aromatic rings. The number of aryl methyl sites for hydroxylation is 1. The summed E-state index contributed by atoms with van der Waals surface area (Å²) in [4.78, 5) is 0. The van der Waals surface area contributed by atoms with Crippen LogP contribution in [0.25, 0.3) is 0 Å². The molecule has 0 bridgehead atoms. The van der Waals surface area contributed by atoms with Gasteiger partial charge >= 0.3 is 0 Å². The highest BCUT2D eigenvalue weighted by Gasteiger charge is 2.15. The second-order valence-electron chi connectivity index (χ2n) is 3.31. The minimum absolute atomic E-state index is 0.631. The predicted octanol–water partition coefficient (Wildman–Crippen LogP) is 1.38. The third kappa shape index (κ3) is 1.43. The topological polar surface area (TPSA) is 24.1 Å². The van der Waals surface area contributed by atoms with E-state index in [-0.39, 0.29) is 0 Å². The van der Waals surface area contributed by atoms with Crippen molar-refractivity contribution in [3.05, 3.63) is 29.8 Å². The van der Waals surface area contributed by atoms with Gasteiger partial charge in [-0.15, -0.1) is 0 Å². The number of rotatable bonds is 2. The lowest BCUT2D eigenvalue weighted by Crippen LogP contribution is -2.51. The smallest absolute Gasteiger partial charge is 0.0510 e. The van der Waals surface area contributed by atoms with Gasteiger partial charge in [-0.3, -0.25) is 0 Å². The van der Waals surface area contributed by atoms with Crippen LogP contribution in [0.1, 0.15) is 5.56 Å². The summed E-state index contributed by atoms with van der Waals surface area (Å²) in [5, 5.41) is 6.72. The Kier molecular flexibility index (Phi) is 2.00. The van der Waals surface area contributed by atoms with Gasteiger partial charge in [0.05, 0.1) is 6.04 Å². The first-order chi connectivity index (χ1) is 5.86. The fourth-order valence-corrected chi connectivity index (χ4v) is 1.35. The lowest BCUT2D eigenvalue weighted by molar-refractivity contribution is 0.472. The number of para-hydroxylation sites is 1. The summed E-state index contributed by atoms with van der Waals surface area (Å²) >= 11 is 0. The van der Waals surface area contributed by atoms with Gasteiger partial charge in [0.2, 0.25) is 0 Å². The molecule has 2 rings (SSSR count). The lowest BCUT2D eigenvalue weighted by atomic mass is 10.1. The molecule has 0 radical (unpaired) electrons. The van der Waals surface area contributed by atoms with E-state index < -0.39 is 0 Å². The number of nitrogens with one attached hydrogen (secondary N) is 2. The molecule has 0 aromatic heterocycles. The highest BCUT2D eigenvalue weighted by Crippen LogP contribution is 2.15. The highest BCUT2D eigenvalue weighted by molar-refractivity contribution is 5.51. The second kappa shape index (κ2) is 3.15. The maximum Gasteiger partial charge on any atom is 0.0510 e. The Morgan fingerprint density at radius 3 is 2.67 bits per heavy atom. The Balaban J connectivity index is 2.06. The van der Waals surface area contributed by atoms with Crippen LogP contribution in [-0.2, 0) is 0 Å². The molecule has 1 aliphatic rings. The molecule has 2 heteroatoms. The first kappa shape index (κ1) is 7.62. The van der Waals surface area contributed by atoms with Gasteiger partial charge in [0.15, 0.2) is 0 Å². The van der Waals surface area contributed by atoms with Crippen molar-refractivity contribution in [3.8, 4) is 0 Å². The zero-order chi connectivity index (χ0) is 8.39. The summed E-state index contributed by atoms with van der Waals surface area (Å²) < 4.78 is 0. The molecule has 1 aliphatic heterocycles. The summed E-state index contributed by atoms with van der Waals surface area (Å²) in [6, 6.07) is 9.04. The van der Waals surface area contributed by atoms with E-state index in [9.17, 15) is 0 Å². The number of hydrogen-bond acceptors (Lipinski definition) is 2. The van der Waals surface area contributed by atoms with Crippen molar-refractivity contribution in [1.82, 2.24) is 5.32 Å². The largest absolute Gasteiger partial charge is 0.380 e. The number of benzene rings is 1. The van der Waals surface area contributed by atoms with E-state index in [1.165, 1.54) is 11.3 Å². The van der Waals surface area contributed by atoms with Gasteiger partial charge < -0.3 is 10.6 Å². The standard InChI is InChI=1S/C10H14N2/c1-8-4-2-3-5-10(8)12-9-6-11-7-9/h2-5,9,11-12H,6-7H2,1H3. The maximum absolute atomic E-state index is 3.48. The molecule has 1 aromatic carbocycles. The Labute approximate surface area is 73.0 Å². The van der Waals surface area contributed by atoms with Crippen LogP contribution in [0.3, 0.4) is 0 Å². The molecule has 1 saturated heterocycles. The van der Waals surface area contributed by atoms with E-state index in [2.05, 4.69) is 41.8 Å². The van der Waals surface area contributed by atoms with Crippen molar-refractivity contribution in [2.75, 3.05) is 18.4 Å². The minimum Gasteiger partial charge on any atom is -0.380 e. The maximum atomic E-state index is 3.48. The van der Waals surface area contributed by atoms with Gasteiger partial charge in [-0.25, -0.2) is 0 Å². The van der Waals surface area contributed by atoms with E-state index in [0.29, 0.717) is 6.04 Å². The van der Waals surface area contributed by atoms with Crippen LogP contribution in [0.4, 0.5) is 5.69 Å². The van der Waals surface area contributed by atoms with Crippen molar-refractivity contribution in [3.63, 3.8) is 0 Å². The van der Waals surface area contributed by atoms with Crippen LogP contribution in [0.5, 0.6) is 0 Å². The molecule has 12 heavy (non-hydrogen) atoms. The van der Waals surface area contributed by atoms with Crippen LogP contribution in [0.15, 0.2) is 24.3 Å². The number of hydrogen-bond donors (Lipinski definition) is 2. The Morgan fingerprint density at radius 1 is 1.33 bits per heavy atom.